The van der Waals surface area contributed by atoms with Gasteiger partial charge in [0.25, 0.3) is 5.91 Å². The van der Waals surface area contributed by atoms with Gasteiger partial charge in [0.15, 0.2) is 0 Å². The molecule has 0 bridgehead atoms. The van der Waals surface area contributed by atoms with Crippen molar-refractivity contribution in [2.45, 2.75) is 39.3 Å². The van der Waals surface area contributed by atoms with Crippen LogP contribution in [-0.2, 0) is 11.3 Å². The predicted octanol–water partition coefficient (Wildman–Crippen LogP) is 1.23. The normalized spacial score (nSPS) is 19.1. The maximum Gasteiger partial charge on any atom is 0.326 e. The third-order valence-electron chi connectivity index (χ3n) is 3.23. The molecule has 0 radical (unpaired) electrons. The second-order valence-electron chi connectivity index (χ2n) is 5.34. The number of hydrogen-bond acceptors (Lipinski definition) is 3. The van der Waals surface area contributed by atoms with Gasteiger partial charge in [0.1, 0.15) is 6.04 Å². The van der Waals surface area contributed by atoms with Crippen molar-refractivity contribution in [1.82, 2.24) is 14.7 Å². The van der Waals surface area contributed by atoms with E-state index in [-0.39, 0.29) is 5.91 Å². The Hall–Kier alpha value is -1.85. The van der Waals surface area contributed by atoms with Crippen molar-refractivity contribution < 1.29 is 14.7 Å². The first-order valence-corrected chi connectivity index (χ1v) is 6.55. The first kappa shape index (κ1) is 13.6. The summed E-state index contributed by atoms with van der Waals surface area (Å²) in [5.41, 5.74) is 0.466. The molecule has 0 unspecified atom stereocenters. The molecule has 1 saturated heterocycles. The van der Waals surface area contributed by atoms with E-state index in [4.69, 9.17) is 5.11 Å². The number of nitrogens with zero attached hydrogens (tertiary/aromatic N) is 3. The number of aromatic nitrogens is 2. The Morgan fingerprint density at radius 1 is 1.53 bits per heavy atom. The van der Waals surface area contributed by atoms with Crippen molar-refractivity contribution in [3.8, 4) is 0 Å². The van der Waals surface area contributed by atoms with Gasteiger partial charge >= 0.3 is 5.97 Å². The van der Waals surface area contributed by atoms with E-state index >= 15 is 0 Å². The van der Waals surface area contributed by atoms with Crippen molar-refractivity contribution in [3.63, 3.8) is 0 Å². The summed E-state index contributed by atoms with van der Waals surface area (Å²) < 4.78 is 1.73. The number of hydrogen-bond donors (Lipinski definition) is 1. The van der Waals surface area contributed by atoms with Gasteiger partial charge in [-0.25, -0.2) is 4.79 Å². The molecule has 1 aromatic heterocycles. The standard InChI is InChI=1S/C13H19N3O3/c1-9(2)7-15-8-10(6-14-15)12(17)16-5-3-4-11(16)13(18)19/h6,8-9,11H,3-5,7H2,1-2H3,(H,18,19)/t11-/m0/s1. The van der Waals surface area contributed by atoms with Crippen molar-refractivity contribution >= 4 is 11.9 Å². The number of carboxylic acids is 1. The molecule has 1 aromatic rings. The molecule has 1 amide bonds. The molecule has 19 heavy (non-hydrogen) atoms. The number of likely N-dealkylation sites (tertiary alicyclic amines) is 1. The largest absolute Gasteiger partial charge is 0.480 e. The van der Waals surface area contributed by atoms with Crippen LogP contribution >= 0.6 is 0 Å². The van der Waals surface area contributed by atoms with Crippen molar-refractivity contribution in [2.24, 2.45) is 5.92 Å². The van der Waals surface area contributed by atoms with Gasteiger partial charge in [0.05, 0.1) is 11.8 Å². The molecule has 1 aliphatic heterocycles. The highest BCUT2D eigenvalue weighted by Crippen LogP contribution is 2.20. The van der Waals surface area contributed by atoms with Gasteiger partial charge in [0, 0.05) is 19.3 Å². The van der Waals surface area contributed by atoms with Gasteiger partial charge in [-0.05, 0) is 18.8 Å². The molecule has 0 spiro atoms. The van der Waals surface area contributed by atoms with Crippen LogP contribution in [0.3, 0.4) is 0 Å². The lowest BCUT2D eigenvalue weighted by Gasteiger charge is -2.20. The Bertz CT molecular complexity index is 481. The number of aliphatic carboxylic acids is 1. The van der Waals surface area contributed by atoms with Crippen molar-refractivity contribution in [2.75, 3.05) is 6.54 Å². The van der Waals surface area contributed by atoms with Crippen LogP contribution in [0.2, 0.25) is 0 Å². The maximum atomic E-state index is 12.3. The van der Waals surface area contributed by atoms with Gasteiger partial charge in [-0.2, -0.15) is 5.10 Å². The lowest BCUT2D eigenvalue weighted by Crippen LogP contribution is -2.40. The highest BCUT2D eigenvalue weighted by molar-refractivity contribution is 5.96. The average Bonchev–Trinajstić information content (AvgIpc) is 2.94. The Kier molecular flexibility index (Phi) is 3.87. The zero-order valence-electron chi connectivity index (χ0n) is 11.2. The zero-order valence-corrected chi connectivity index (χ0v) is 11.2. The van der Waals surface area contributed by atoms with Crippen molar-refractivity contribution in [3.05, 3.63) is 18.0 Å². The Labute approximate surface area is 112 Å². The van der Waals surface area contributed by atoms with Gasteiger partial charge in [-0.1, -0.05) is 13.8 Å². The molecule has 6 heteroatoms. The minimum atomic E-state index is -0.930. The molecule has 0 aliphatic carbocycles. The zero-order chi connectivity index (χ0) is 14.0. The molecule has 104 valence electrons. The van der Waals surface area contributed by atoms with Crippen LogP contribution in [0.15, 0.2) is 12.4 Å². The summed E-state index contributed by atoms with van der Waals surface area (Å²) in [5, 5.41) is 13.2. The van der Waals surface area contributed by atoms with Crippen molar-refractivity contribution in [1.29, 1.82) is 0 Å². The lowest BCUT2D eigenvalue weighted by atomic mass is 10.2. The van der Waals surface area contributed by atoms with Crippen LogP contribution in [0.5, 0.6) is 0 Å². The van der Waals surface area contributed by atoms with Crippen LogP contribution in [0.1, 0.15) is 37.0 Å². The van der Waals surface area contributed by atoms with E-state index in [9.17, 15) is 9.59 Å². The van der Waals surface area contributed by atoms with E-state index in [1.807, 2.05) is 0 Å². The molecule has 2 heterocycles. The number of carbonyl (C=O) groups is 2. The first-order valence-electron chi connectivity index (χ1n) is 6.55. The SMILES string of the molecule is CC(C)Cn1cc(C(=O)N2CCC[C@H]2C(=O)O)cn1. The molecule has 1 aliphatic rings. The number of rotatable bonds is 4. The quantitative estimate of drug-likeness (QED) is 0.888. The molecule has 1 atom stereocenters. The third-order valence-corrected chi connectivity index (χ3v) is 3.23. The van der Waals surface area contributed by atoms with E-state index in [0.29, 0.717) is 24.4 Å². The summed E-state index contributed by atoms with van der Waals surface area (Å²) in [5.74, 6) is -0.721. The fourth-order valence-electron chi connectivity index (χ4n) is 2.38. The Morgan fingerprint density at radius 3 is 2.89 bits per heavy atom. The summed E-state index contributed by atoms with van der Waals surface area (Å²) in [6.07, 6.45) is 4.48. The highest BCUT2D eigenvalue weighted by Gasteiger charge is 2.34. The fourth-order valence-corrected chi connectivity index (χ4v) is 2.38. The summed E-state index contributed by atoms with van der Waals surface area (Å²) in [6.45, 7) is 5.40. The van der Waals surface area contributed by atoms with Crippen LogP contribution in [0.25, 0.3) is 0 Å². The molecule has 0 saturated carbocycles. The second kappa shape index (κ2) is 5.42. The van der Waals surface area contributed by atoms with E-state index in [0.717, 1.165) is 13.0 Å². The van der Waals surface area contributed by atoms with Gasteiger partial charge in [0.2, 0.25) is 0 Å². The summed E-state index contributed by atoms with van der Waals surface area (Å²) in [6, 6.07) is -0.694. The molecule has 2 rings (SSSR count). The number of carbonyl (C=O) groups excluding carboxylic acids is 1. The minimum absolute atomic E-state index is 0.236. The smallest absolute Gasteiger partial charge is 0.326 e. The van der Waals surface area contributed by atoms with Gasteiger partial charge < -0.3 is 10.0 Å². The molecular weight excluding hydrogens is 246 g/mol. The third kappa shape index (κ3) is 2.94. The highest BCUT2D eigenvalue weighted by atomic mass is 16.4. The van der Waals surface area contributed by atoms with E-state index in [2.05, 4.69) is 18.9 Å². The van der Waals surface area contributed by atoms with Crippen LogP contribution in [0, 0.1) is 5.92 Å². The summed E-state index contributed by atoms with van der Waals surface area (Å²) >= 11 is 0. The Morgan fingerprint density at radius 2 is 2.26 bits per heavy atom. The fraction of sp³-hybridized carbons (Fsp3) is 0.615. The topological polar surface area (TPSA) is 75.4 Å². The van der Waals surface area contributed by atoms with Crippen LogP contribution in [-0.4, -0.2) is 44.3 Å². The van der Waals surface area contributed by atoms with E-state index in [1.54, 1.807) is 10.9 Å². The minimum Gasteiger partial charge on any atom is -0.480 e. The van der Waals surface area contributed by atoms with E-state index < -0.39 is 12.0 Å². The molecular formula is C13H19N3O3. The number of amides is 1. The maximum absolute atomic E-state index is 12.3. The first-order chi connectivity index (χ1) is 8.99. The molecule has 6 nitrogen and oxygen atoms in total. The van der Waals surface area contributed by atoms with E-state index in [1.165, 1.54) is 11.1 Å². The second-order valence-corrected chi connectivity index (χ2v) is 5.34. The van der Waals surface area contributed by atoms with Crippen LogP contribution in [0.4, 0.5) is 0 Å². The average molecular weight is 265 g/mol. The lowest BCUT2D eigenvalue weighted by molar-refractivity contribution is -0.141. The Balaban J connectivity index is 2.11. The monoisotopic (exact) mass is 265 g/mol. The van der Waals surface area contributed by atoms with Crippen LogP contribution < -0.4 is 0 Å². The number of carboxylic acid groups (broad SMARTS) is 1. The molecule has 0 aromatic carbocycles. The summed E-state index contributed by atoms with van der Waals surface area (Å²) in [7, 11) is 0. The summed E-state index contributed by atoms with van der Waals surface area (Å²) in [4.78, 5) is 24.8. The van der Waals surface area contributed by atoms with Gasteiger partial charge in [-0.15, -0.1) is 0 Å². The molecule has 1 fully saturated rings. The molecule has 1 N–H and O–H groups in total. The van der Waals surface area contributed by atoms with Gasteiger partial charge in [-0.3, -0.25) is 9.48 Å². The predicted molar refractivity (Wildman–Crippen MR) is 68.8 cm³/mol.